The smallest absolute Gasteiger partial charge is 0.262 e. The van der Waals surface area contributed by atoms with Gasteiger partial charge in [-0.15, -0.1) is 0 Å². The Hall–Kier alpha value is -1.33. The molecule has 0 aliphatic heterocycles. The number of nitrogens with zero attached hydrogens (tertiary/aromatic N) is 2. The Labute approximate surface area is 110 Å². The lowest BCUT2D eigenvalue weighted by Gasteiger charge is -2.17. The molecule has 2 aromatic rings. The molecule has 0 N–H and O–H groups in total. The normalized spacial score (nSPS) is 12.8. The number of hydrogen-bond donors (Lipinski definition) is 0. The number of benzene rings is 1. The van der Waals surface area contributed by atoms with Gasteiger partial charge in [-0.2, -0.15) is 0 Å². The predicted octanol–water partition coefficient (Wildman–Crippen LogP) is 2.33. The number of aromatic nitrogens is 2. The first-order chi connectivity index (χ1) is 8.69. The maximum Gasteiger partial charge on any atom is 0.262 e. The molecule has 0 fully saturated rings. The molecule has 0 saturated carbocycles. The molecule has 0 bridgehead atoms. The molecule has 0 aliphatic carbocycles. The molecule has 1 atom stereocenters. The minimum atomic E-state index is -0.0259. The van der Waals surface area contributed by atoms with Gasteiger partial charge in [-0.05, 0) is 25.3 Å². The van der Waals surface area contributed by atoms with Crippen LogP contribution >= 0.6 is 11.8 Å². The zero-order chi connectivity index (χ0) is 13.1. The second kappa shape index (κ2) is 5.54. The lowest BCUT2D eigenvalue weighted by molar-refractivity contribution is 0.156. The van der Waals surface area contributed by atoms with Crippen molar-refractivity contribution < 1.29 is 4.74 Å². The summed E-state index contributed by atoms with van der Waals surface area (Å²) in [5, 5.41) is 1.38. The zero-order valence-corrected chi connectivity index (χ0v) is 11.5. The Morgan fingerprint density at radius 3 is 2.83 bits per heavy atom. The van der Waals surface area contributed by atoms with E-state index in [-0.39, 0.29) is 11.6 Å². The number of thioether (sulfide) groups is 1. The monoisotopic (exact) mass is 264 g/mol. The van der Waals surface area contributed by atoms with Crippen LogP contribution in [0.2, 0.25) is 0 Å². The fourth-order valence-corrected chi connectivity index (χ4v) is 2.62. The van der Waals surface area contributed by atoms with Gasteiger partial charge in [0, 0.05) is 7.11 Å². The summed E-state index contributed by atoms with van der Waals surface area (Å²) in [6.07, 6.45) is 1.92. The molecule has 0 aliphatic rings. The fourth-order valence-electron chi connectivity index (χ4n) is 1.97. The van der Waals surface area contributed by atoms with Crippen molar-refractivity contribution in [2.75, 3.05) is 20.0 Å². The highest BCUT2D eigenvalue weighted by Crippen LogP contribution is 2.18. The molecule has 4 nitrogen and oxygen atoms in total. The molecule has 0 radical (unpaired) electrons. The van der Waals surface area contributed by atoms with Gasteiger partial charge in [-0.3, -0.25) is 9.36 Å². The summed E-state index contributed by atoms with van der Waals surface area (Å²) in [4.78, 5) is 17.0. The van der Waals surface area contributed by atoms with Crippen LogP contribution in [0.4, 0.5) is 0 Å². The average molecular weight is 264 g/mol. The Bertz CT molecular complexity index is 609. The molecule has 1 aromatic carbocycles. The van der Waals surface area contributed by atoms with E-state index in [1.807, 2.05) is 37.4 Å². The van der Waals surface area contributed by atoms with E-state index in [4.69, 9.17) is 4.74 Å². The van der Waals surface area contributed by atoms with Crippen LogP contribution in [-0.2, 0) is 4.74 Å². The van der Waals surface area contributed by atoms with E-state index in [9.17, 15) is 4.79 Å². The second-order valence-electron chi connectivity index (χ2n) is 4.10. The van der Waals surface area contributed by atoms with E-state index in [0.717, 1.165) is 10.7 Å². The van der Waals surface area contributed by atoms with Crippen molar-refractivity contribution in [1.82, 2.24) is 9.55 Å². The van der Waals surface area contributed by atoms with E-state index in [1.54, 1.807) is 11.7 Å². The third kappa shape index (κ3) is 2.28. The van der Waals surface area contributed by atoms with Crippen molar-refractivity contribution in [3.63, 3.8) is 0 Å². The van der Waals surface area contributed by atoms with Crippen LogP contribution in [0.1, 0.15) is 13.0 Å². The predicted molar refractivity (Wildman–Crippen MR) is 74.4 cm³/mol. The van der Waals surface area contributed by atoms with Crippen LogP contribution in [0.5, 0.6) is 0 Å². The number of rotatable bonds is 4. The van der Waals surface area contributed by atoms with Crippen molar-refractivity contribution in [1.29, 1.82) is 0 Å². The number of methoxy groups -OCH3 is 1. The molecule has 2 rings (SSSR count). The molecule has 0 spiro atoms. The van der Waals surface area contributed by atoms with Crippen LogP contribution in [-0.4, -0.2) is 29.5 Å². The van der Waals surface area contributed by atoms with Crippen LogP contribution in [0, 0.1) is 0 Å². The highest BCUT2D eigenvalue weighted by atomic mass is 32.2. The van der Waals surface area contributed by atoms with Gasteiger partial charge in [0.25, 0.3) is 5.56 Å². The first-order valence-electron chi connectivity index (χ1n) is 5.73. The van der Waals surface area contributed by atoms with Crippen LogP contribution in [0.15, 0.2) is 34.2 Å². The van der Waals surface area contributed by atoms with Gasteiger partial charge in [0.05, 0.1) is 23.6 Å². The van der Waals surface area contributed by atoms with Gasteiger partial charge in [0.15, 0.2) is 5.16 Å². The van der Waals surface area contributed by atoms with Gasteiger partial charge >= 0.3 is 0 Å². The Balaban J connectivity index is 2.70. The number of ether oxygens (including phenoxy) is 1. The van der Waals surface area contributed by atoms with Crippen molar-refractivity contribution in [3.05, 3.63) is 34.6 Å². The number of para-hydroxylation sites is 1. The quantitative estimate of drug-likeness (QED) is 0.628. The summed E-state index contributed by atoms with van der Waals surface area (Å²) in [7, 11) is 1.63. The Kier molecular flexibility index (Phi) is 4.04. The SMILES string of the molecule is COCC(C)n1c(SC)nc2ccccc2c1=O. The van der Waals surface area contributed by atoms with Crippen LogP contribution in [0.25, 0.3) is 10.9 Å². The summed E-state index contributed by atoms with van der Waals surface area (Å²) >= 11 is 1.47. The van der Waals surface area contributed by atoms with Crippen molar-refractivity contribution in [2.45, 2.75) is 18.1 Å². The third-order valence-corrected chi connectivity index (χ3v) is 3.46. The molecule has 1 aromatic heterocycles. The minimum absolute atomic E-state index is 0.00509. The molecular weight excluding hydrogens is 248 g/mol. The third-order valence-electron chi connectivity index (χ3n) is 2.81. The zero-order valence-electron chi connectivity index (χ0n) is 10.7. The summed E-state index contributed by atoms with van der Waals surface area (Å²) in [6, 6.07) is 7.39. The van der Waals surface area contributed by atoms with Crippen LogP contribution < -0.4 is 5.56 Å². The Morgan fingerprint density at radius 1 is 1.44 bits per heavy atom. The van der Waals surface area contributed by atoms with E-state index in [0.29, 0.717) is 12.0 Å². The van der Waals surface area contributed by atoms with E-state index < -0.39 is 0 Å². The molecule has 0 amide bonds. The summed E-state index contributed by atoms with van der Waals surface area (Å²) in [5.41, 5.74) is 0.738. The fraction of sp³-hybridized carbons (Fsp3) is 0.385. The first-order valence-corrected chi connectivity index (χ1v) is 6.95. The van der Waals surface area contributed by atoms with E-state index in [1.165, 1.54) is 11.8 Å². The van der Waals surface area contributed by atoms with E-state index >= 15 is 0 Å². The van der Waals surface area contributed by atoms with Gasteiger partial charge in [0.1, 0.15) is 0 Å². The molecule has 18 heavy (non-hydrogen) atoms. The highest BCUT2D eigenvalue weighted by Gasteiger charge is 2.15. The topological polar surface area (TPSA) is 44.1 Å². The van der Waals surface area contributed by atoms with Gasteiger partial charge in [-0.25, -0.2) is 4.98 Å². The maximum atomic E-state index is 12.5. The molecular formula is C13H16N2O2S. The lowest BCUT2D eigenvalue weighted by Crippen LogP contribution is -2.28. The van der Waals surface area contributed by atoms with Crippen molar-refractivity contribution in [2.24, 2.45) is 0 Å². The largest absolute Gasteiger partial charge is 0.383 e. The van der Waals surface area contributed by atoms with Gasteiger partial charge in [0.2, 0.25) is 0 Å². The minimum Gasteiger partial charge on any atom is -0.383 e. The summed E-state index contributed by atoms with van der Waals surface area (Å²) in [5.74, 6) is 0. The Morgan fingerprint density at radius 2 is 2.17 bits per heavy atom. The molecule has 5 heteroatoms. The molecule has 0 saturated heterocycles. The highest BCUT2D eigenvalue weighted by molar-refractivity contribution is 7.98. The molecule has 1 unspecified atom stereocenters. The number of hydrogen-bond acceptors (Lipinski definition) is 4. The molecule has 1 heterocycles. The van der Waals surface area contributed by atoms with Gasteiger partial charge in [-0.1, -0.05) is 23.9 Å². The average Bonchev–Trinajstić information content (AvgIpc) is 2.38. The van der Waals surface area contributed by atoms with Crippen LogP contribution in [0.3, 0.4) is 0 Å². The van der Waals surface area contributed by atoms with Crippen molar-refractivity contribution in [3.8, 4) is 0 Å². The lowest BCUT2D eigenvalue weighted by atomic mass is 10.2. The summed E-state index contributed by atoms with van der Waals surface area (Å²) < 4.78 is 6.83. The second-order valence-corrected chi connectivity index (χ2v) is 4.87. The van der Waals surface area contributed by atoms with Gasteiger partial charge < -0.3 is 4.74 Å². The molecule has 96 valence electrons. The first kappa shape index (κ1) is 13.1. The maximum absolute atomic E-state index is 12.5. The van der Waals surface area contributed by atoms with E-state index in [2.05, 4.69) is 4.98 Å². The standard InChI is InChI=1S/C13H16N2O2S/c1-9(8-17-2)15-12(16)10-6-4-5-7-11(10)14-13(15)18-3/h4-7,9H,8H2,1-3H3. The van der Waals surface area contributed by atoms with Crippen molar-refractivity contribution >= 4 is 22.7 Å². The summed E-state index contributed by atoms with van der Waals surface area (Å²) in [6.45, 7) is 2.45. The number of fused-ring (bicyclic) bond motifs is 1.